The molecule has 0 radical (unpaired) electrons. The topological polar surface area (TPSA) is 111 Å². The van der Waals surface area contributed by atoms with Gasteiger partial charge in [0.2, 0.25) is 0 Å². The first-order valence-electron chi connectivity index (χ1n) is 9.54. The number of ketones is 1. The van der Waals surface area contributed by atoms with Crippen molar-refractivity contribution in [2.24, 2.45) is 0 Å². The third-order valence-electron chi connectivity index (χ3n) is 5.02. The first-order chi connectivity index (χ1) is 14.9. The van der Waals surface area contributed by atoms with Gasteiger partial charge in [-0.2, -0.15) is 0 Å². The van der Waals surface area contributed by atoms with Gasteiger partial charge in [-0.05, 0) is 34.1 Å². The number of hydrogen-bond acceptors (Lipinski definition) is 5. The molecule has 4 rings (SSSR count). The molecule has 0 spiro atoms. The van der Waals surface area contributed by atoms with E-state index in [9.17, 15) is 19.7 Å². The van der Waals surface area contributed by atoms with Gasteiger partial charge in [-0.1, -0.05) is 54.0 Å². The third kappa shape index (κ3) is 3.73. The number of nitrogens with zero attached hydrogens (tertiary/aromatic N) is 3. The summed E-state index contributed by atoms with van der Waals surface area (Å²) in [5.74, 6) is -0.523. The van der Waals surface area contributed by atoms with Crippen molar-refractivity contribution in [3.8, 4) is 11.1 Å². The molecular weight excluding hydrogens is 420 g/mol. The number of nitrogens with one attached hydrogen (secondary N) is 1. The smallest absolute Gasteiger partial charge is 0.342 e. The zero-order chi connectivity index (χ0) is 22.1. The Labute approximate surface area is 181 Å². The monoisotopic (exact) mass is 436 g/mol. The van der Waals surface area contributed by atoms with E-state index in [1.807, 2.05) is 30.3 Å². The first kappa shape index (κ1) is 20.5. The summed E-state index contributed by atoms with van der Waals surface area (Å²) in [4.78, 5) is 36.9. The number of pyridine rings is 1. The van der Waals surface area contributed by atoms with Crippen LogP contribution < -0.4 is 5.56 Å². The Kier molecular flexibility index (Phi) is 5.39. The highest BCUT2D eigenvalue weighted by atomic mass is 35.5. The molecule has 4 aromatic rings. The number of carbonyl (C=O) groups is 1. The van der Waals surface area contributed by atoms with E-state index in [1.54, 1.807) is 25.1 Å². The molecule has 0 aliphatic heterocycles. The van der Waals surface area contributed by atoms with Gasteiger partial charge in [-0.25, -0.2) is 0 Å². The maximum absolute atomic E-state index is 13.4. The van der Waals surface area contributed by atoms with Gasteiger partial charge in [-0.3, -0.25) is 14.2 Å². The number of benzene rings is 2. The highest BCUT2D eigenvalue weighted by Crippen LogP contribution is 2.33. The van der Waals surface area contributed by atoms with Crippen LogP contribution in [0.4, 0.5) is 5.82 Å². The fourth-order valence-electron chi connectivity index (χ4n) is 3.61. The molecule has 2 aromatic carbocycles. The molecule has 0 saturated carbocycles. The lowest BCUT2D eigenvalue weighted by atomic mass is 9.94. The second kappa shape index (κ2) is 8.16. The average Bonchev–Trinajstić information content (AvgIpc) is 3.24. The van der Waals surface area contributed by atoms with Crippen LogP contribution in [0.25, 0.3) is 21.9 Å². The van der Waals surface area contributed by atoms with E-state index in [1.165, 1.54) is 10.6 Å². The van der Waals surface area contributed by atoms with Crippen LogP contribution >= 0.6 is 11.6 Å². The molecule has 0 atom stereocenters. The van der Waals surface area contributed by atoms with Crippen molar-refractivity contribution < 1.29 is 9.72 Å². The van der Waals surface area contributed by atoms with Gasteiger partial charge in [0.15, 0.2) is 5.78 Å². The number of rotatable bonds is 6. The Balaban J connectivity index is 2.08. The minimum absolute atomic E-state index is 0.0946. The van der Waals surface area contributed by atoms with E-state index in [2.05, 4.69) is 10.2 Å². The predicted molar refractivity (Wildman–Crippen MR) is 118 cm³/mol. The second-order valence-electron chi connectivity index (χ2n) is 6.95. The van der Waals surface area contributed by atoms with E-state index < -0.39 is 10.5 Å². The van der Waals surface area contributed by atoms with E-state index in [0.717, 1.165) is 5.56 Å². The minimum atomic E-state index is -0.602. The van der Waals surface area contributed by atoms with E-state index >= 15 is 0 Å². The zero-order valence-corrected chi connectivity index (χ0v) is 17.2. The highest BCUT2D eigenvalue weighted by molar-refractivity contribution is 6.31. The lowest BCUT2D eigenvalue weighted by Crippen LogP contribution is -2.28. The number of nitro groups is 1. The number of fused-ring (bicyclic) bond motifs is 1. The van der Waals surface area contributed by atoms with Gasteiger partial charge >= 0.3 is 5.82 Å². The maximum Gasteiger partial charge on any atom is 0.342 e. The number of hydrogen-bond donors (Lipinski definition) is 1. The normalized spacial score (nSPS) is 11.0. The molecule has 31 heavy (non-hydrogen) atoms. The number of halogens is 1. The molecule has 0 aliphatic rings. The molecule has 156 valence electrons. The van der Waals surface area contributed by atoms with Crippen LogP contribution in [-0.4, -0.2) is 25.5 Å². The summed E-state index contributed by atoms with van der Waals surface area (Å²) >= 11 is 6.23. The quantitative estimate of drug-likeness (QED) is 0.270. The van der Waals surface area contributed by atoms with Crippen LogP contribution in [0.1, 0.15) is 29.5 Å². The Bertz CT molecular complexity index is 1380. The van der Waals surface area contributed by atoms with Gasteiger partial charge in [-0.15, -0.1) is 5.10 Å². The van der Waals surface area contributed by atoms with Gasteiger partial charge in [0.25, 0.3) is 5.56 Å². The molecule has 0 bridgehead atoms. The van der Waals surface area contributed by atoms with E-state index in [0.29, 0.717) is 21.4 Å². The largest absolute Gasteiger partial charge is 0.358 e. The Morgan fingerprint density at radius 3 is 2.55 bits per heavy atom. The number of aromatic nitrogens is 3. The Hall–Kier alpha value is -3.78. The summed E-state index contributed by atoms with van der Waals surface area (Å²) in [5, 5.41) is 18.7. The predicted octanol–water partition coefficient (Wildman–Crippen LogP) is 4.59. The standard InChI is InChI=1S/C22H17ClN4O4/c1-2-18(28)21-20(13-6-4-3-5-7-13)17-10-14(23)8-9-16(17)22(29)26(21)12-15-11-19(25-24-15)27(30)31/h3-11H,2,12H2,1H3,(H,24,25). The lowest BCUT2D eigenvalue weighted by Gasteiger charge is -2.18. The van der Waals surface area contributed by atoms with Crippen molar-refractivity contribution in [1.29, 1.82) is 0 Å². The average molecular weight is 437 g/mol. The Morgan fingerprint density at radius 1 is 1.16 bits per heavy atom. The van der Waals surface area contributed by atoms with Gasteiger partial charge in [0.05, 0.1) is 18.3 Å². The fourth-order valence-corrected chi connectivity index (χ4v) is 3.78. The van der Waals surface area contributed by atoms with Gasteiger partial charge in [0.1, 0.15) is 5.69 Å². The zero-order valence-electron chi connectivity index (χ0n) is 16.5. The fraction of sp³-hybridized carbons (Fsp3) is 0.136. The first-order valence-corrected chi connectivity index (χ1v) is 9.91. The van der Waals surface area contributed by atoms with E-state index in [-0.39, 0.29) is 36.0 Å². The van der Waals surface area contributed by atoms with Crippen LogP contribution in [0.2, 0.25) is 5.02 Å². The van der Waals surface area contributed by atoms with Crippen molar-refractivity contribution in [1.82, 2.24) is 14.8 Å². The number of Topliss-reactive ketones (excluding diaryl/α,β-unsaturated/α-hetero) is 1. The van der Waals surface area contributed by atoms with Gasteiger partial charge < -0.3 is 10.1 Å². The number of carbonyl (C=O) groups excluding carboxylic acids is 1. The summed E-state index contributed by atoms with van der Waals surface area (Å²) in [7, 11) is 0. The summed E-state index contributed by atoms with van der Waals surface area (Å²) in [6, 6.07) is 15.4. The summed E-state index contributed by atoms with van der Waals surface area (Å²) in [6.07, 6.45) is 0.173. The van der Waals surface area contributed by atoms with Crippen molar-refractivity contribution in [3.05, 3.63) is 91.5 Å². The van der Waals surface area contributed by atoms with E-state index in [4.69, 9.17) is 11.6 Å². The molecule has 0 aliphatic carbocycles. The Morgan fingerprint density at radius 2 is 1.90 bits per heavy atom. The molecular formula is C22H17ClN4O4. The molecule has 0 fully saturated rings. The second-order valence-corrected chi connectivity index (χ2v) is 7.39. The van der Waals surface area contributed by atoms with Crippen LogP contribution in [0.15, 0.2) is 59.4 Å². The number of aromatic amines is 1. The van der Waals surface area contributed by atoms with Crippen molar-refractivity contribution in [2.75, 3.05) is 0 Å². The molecule has 0 amide bonds. The summed E-state index contributed by atoms with van der Waals surface area (Å²) in [6.45, 7) is 1.62. The molecule has 0 unspecified atom stereocenters. The highest BCUT2D eigenvalue weighted by Gasteiger charge is 2.24. The molecule has 2 aromatic heterocycles. The summed E-state index contributed by atoms with van der Waals surface area (Å²) < 4.78 is 1.34. The minimum Gasteiger partial charge on any atom is -0.358 e. The molecule has 0 saturated heterocycles. The van der Waals surface area contributed by atoms with Crippen LogP contribution in [0.3, 0.4) is 0 Å². The van der Waals surface area contributed by atoms with Crippen molar-refractivity contribution in [3.63, 3.8) is 0 Å². The SMILES string of the molecule is CCC(=O)c1c(-c2ccccc2)c2cc(Cl)ccc2c(=O)n1Cc1cc([N+](=O)[O-])[nH]n1. The van der Waals surface area contributed by atoms with Crippen molar-refractivity contribution in [2.45, 2.75) is 19.9 Å². The van der Waals surface area contributed by atoms with Crippen LogP contribution in [0.5, 0.6) is 0 Å². The number of H-pyrrole nitrogens is 1. The summed E-state index contributed by atoms with van der Waals surface area (Å²) in [5.41, 5.74) is 1.45. The lowest BCUT2D eigenvalue weighted by molar-refractivity contribution is -0.389. The van der Waals surface area contributed by atoms with Crippen molar-refractivity contribution >= 4 is 34.0 Å². The maximum atomic E-state index is 13.4. The molecule has 2 heterocycles. The molecule has 1 N–H and O–H groups in total. The van der Waals surface area contributed by atoms with Gasteiger partial charge in [0, 0.05) is 22.4 Å². The molecule has 8 nitrogen and oxygen atoms in total. The van der Waals surface area contributed by atoms with Crippen LogP contribution in [0, 0.1) is 10.1 Å². The van der Waals surface area contributed by atoms with Crippen LogP contribution in [-0.2, 0) is 6.54 Å². The third-order valence-corrected chi connectivity index (χ3v) is 5.25. The molecule has 9 heteroatoms.